The molecule has 0 radical (unpaired) electrons. The van der Waals surface area contributed by atoms with Crippen molar-refractivity contribution in [1.29, 1.82) is 0 Å². The first-order valence-electron chi connectivity index (χ1n) is 6.97. The minimum Gasteiger partial charge on any atom is -0.311 e. The molecule has 0 aromatic heterocycles. The van der Waals surface area contributed by atoms with E-state index in [1.165, 1.54) is 11.1 Å². The van der Waals surface area contributed by atoms with Crippen molar-refractivity contribution in [2.24, 2.45) is 0 Å². The van der Waals surface area contributed by atoms with Gasteiger partial charge in [-0.25, -0.2) is 0 Å². The lowest BCUT2D eigenvalue weighted by Crippen LogP contribution is -2.40. The molecule has 0 fully saturated rings. The van der Waals surface area contributed by atoms with Crippen LogP contribution in [0.5, 0.6) is 0 Å². The average molecular weight is 248 g/mol. The Morgan fingerprint density at radius 1 is 1.06 bits per heavy atom. The van der Waals surface area contributed by atoms with E-state index in [4.69, 9.17) is 0 Å². The van der Waals surface area contributed by atoms with Gasteiger partial charge in [0.2, 0.25) is 0 Å². The molecule has 0 amide bonds. The molecule has 102 valence electrons. The second-order valence-corrected chi connectivity index (χ2v) is 6.00. The van der Waals surface area contributed by atoms with Crippen molar-refractivity contribution in [2.75, 3.05) is 13.1 Å². The molecule has 0 heterocycles. The molecule has 18 heavy (non-hydrogen) atoms. The number of nitrogens with one attached hydrogen (secondary N) is 2. The van der Waals surface area contributed by atoms with Crippen molar-refractivity contribution in [3.63, 3.8) is 0 Å². The Bertz CT molecular complexity index is 335. The summed E-state index contributed by atoms with van der Waals surface area (Å²) in [7, 11) is 0. The summed E-state index contributed by atoms with van der Waals surface area (Å²) in [5.74, 6) is 0. The van der Waals surface area contributed by atoms with Gasteiger partial charge < -0.3 is 10.6 Å². The van der Waals surface area contributed by atoms with E-state index in [0.29, 0.717) is 6.04 Å². The molecule has 1 unspecified atom stereocenters. The summed E-state index contributed by atoms with van der Waals surface area (Å²) in [6, 6.07) is 9.30. The van der Waals surface area contributed by atoms with Crippen molar-refractivity contribution < 1.29 is 0 Å². The van der Waals surface area contributed by atoms with Crippen molar-refractivity contribution in [3.8, 4) is 0 Å². The molecule has 0 aliphatic heterocycles. The third-order valence-electron chi connectivity index (χ3n) is 3.06. The first-order valence-corrected chi connectivity index (χ1v) is 6.97. The van der Waals surface area contributed by atoms with Gasteiger partial charge in [0.15, 0.2) is 0 Å². The van der Waals surface area contributed by atoms with Crippen LogP contribution in [0.2, 0.25) is 0 Å². The second kappa shape index (κ2) is 6.91. The second-order valence-electron chi connectivity index (χ2n) is 6.00. The smallest absolute Gasteiger partial charge is 0.0318 e. The van der Waals surface area contributed by atoms with E-state index in [-0.39, 0.29) is 5.54 Å². The first kappa shape index (κ1) is 15.2. The van der Waals surface area contributed by atoms with Crippen LogP contribution in [0.25, 0.3) is 0 Å². The highest BCUT2D eigenvalue weighted by Crippen LogP contribution is 2.16. The lowest BCUT2D eigenvalue weighted by atomic mass is 10.0. The maximum atomic E-state index is 3.62. The number of rotatable bonds is 6. The highest BCUT2D eigenvalue weighted by atomic mass is 15.0. The molecule has 1 aromatic rings. The van der Waals surface area contributed by atoms with Crippen LogP contribution in [0.4, 0.5) is 0 Å². The quantitative estimate of drug-likeness (QED) is 0.754. The van der Waals surface area contributed by atoms with Crippen molar-refractivity contribution in [1.82, 2.24) is 10.6 Å². The largest absolute Gasteiger partial charge is 0.311 e. The lowest BCUT2D eigenvalue weighted by Gasteiger charge is -2.23. The topological polar surface area (TPSA) is 24.1 Å². The Balaban J connectivity index is 2.40. The van der Waals surface area contributed by atoms with Crippen LogP contribution in [0, 0.1) is 6.92 Å². The fourth-order valence-corrected chi connectivity index (χ4v) is 1.98. The molecule has 0 bridgehead atoms. The molecule has 0 saturated carbocycles. The maximum absolute atomic E-state index is 3.62. The Morgan fingerprint density at radius 2 is 1.67 bits per heavy atom. The van der Waals surface area contributed by atoms with Crippen molar-refractivity contribution in [3.05, 3.63) is 35.4 Å². The van der Waals surface area contributed by atoms with E-state index in [2.05, 4.69) is 69.5 Å². The highest BCUT2D eigenvalue weighted by molar-refractivity contribution is 5.24. The monoisotopic (exact) mass is 248 g/mol. The van der Waals surface area contributed by atoms with Gasteiger partial charge in [-0.1, -0.05) is 36.8 Å². The first-order chi connectivity index (χ1) is 8.42. The third kappa shape index (κ3) is 5.65. The molecule has 0 aliphatic rings. The van der Waals surface area contributed by atoms with Gasteiger partial charge in [0.05, 0.1) is 0 Å². The Hall–Kier alpha value is -0.860. The van der Waals surface area contributed by atoms with Crippen LogP contribution in [-0.4, -0.2) is 18.6 Å². The summed E-state index contributed by atoms with van der Waals surface area (Å²) in [4.78, 5) is 0. The molecule has 2 N–H and O–H groups in total. The van der Waals surface area contributed by atoms with E-state index in [1.807, 2.05) is 0 Å². The van der Waals surface area contributed by atoms with Crippen LogP contribution >= 0.6 is 0 Å². The summed E-state index contributed by atoms with van der Waals surface area (Å²) in [5.41, 5.74) is 2.91. The Labute approximate surface area is 112 Å². The zero-order valence-electron chi connectivity index (χ0n) is 12.5. The predicted octanol–water partition coefficient (Wildman–Crippen LogP) is 3.42. The predicted molar refractivity (Wildman–Crippen MR) is 80.0 cm³/mol. The Kier molecular flexibility index (Phi) is 5.83. The number of aryl methyl sites for hydroxylation is 1. The summed E-state index contributed by atoms with van der Waals surface area (Å²) >= 11 is 0. The number of hydrogen-bond acceptors (Lipinski definition) is 2. The average Bonchev–Trinajstić information content (AvgIpc) is 2.29. The summed E-state index contributed by atoms with van der Waals surface area (Å²) in [5, 5.41) is 7.11. The van der Waals surface area contributed by atoms with Gasteiger partial charge in [0, 0.05) is 24.7 Å². The molecule has 2 heteroatoms. The highest BCUT2D eigenvalue weighted by Gasteiger charge is 2.10. The van der Waals surface area contributed by atoms with Gasteiger partial charge in [-0.15, -0.1) is 0 Å². The standard InChI is InChI=1S/C16H28N2/c1-6-15(14-9-7-13(2)8-10-14)17-11-12-18-16(3,4)5/h7-10,15,17-18H,6,11-12H2,1-5H3. The van der Waals surface area contributed by atoms with E-state index >= 15 is 0 Å². The molecular formula is C16H28N2. The summed E-state index contributed by atoms with van der Waals surface area (Å²) < 4.78 is 0. The van der Waals surface area contributed by atoms with Gasteiger partial charge in [-0.05, 0) is 39.7 Å². The van der Waals surface area contributed by atoms with Gasteiger partial charge in [-0.3, -0.25) is 0 Å². The molecule has 1 atom stereocenters. The van der Waals surface area contributed by atoms with E-state index in [0.717, 1.165) is 19.5 Å². The fraction of sp³-hybridized carbons (Fsp3) is 0.625. The Morgan fingerprint density at radius 3 is 2.17 bits per heavy atom. The molecule has 0 spiro atoms. The van der Waals surface area contributed by atoms with Gasteiger partial charge >= 0.3 is 0 Å². The zero-order chi connectivity index (χ0) is 13.6. The van der Waals surface area contributed by atoms with Crippen LogP contribution < -0.4 is 10.6 Å². The van der Waals surface area contributed by atoms with Crippen LogP contribution in [-0.2, 0) is 0 Å². The van der Waals surface area contributed by atoms with E-state index in [9.17, 15) is 0 Å². The van der Waals surface area contributed by atoms with Gasteiger partial charge in [0.25, 0.3) is 0 Å². The lowest BCUT2D eigenvalue weighted by molar-refractivity contribution is 0.408. The normalized spacial score (nSPS) is 13.6. The summed E-state index contributed by atoms with van der Waals surface area (Å²) in [6.07, 6.45) is 1.12. The molecule has 0 saturated heterocycles. The minimum atomic E-state index is 0.202. The van der Waals surface area contributed by atoms with Gasteiger partial charge in [-0.2, -0.15) is 0 Å². The minimum absolute atomic E-state index is 0.202. The zero-order valence-corrected chi connectivity index (χ0v) is 12.5. The molecule has 2 nitrogen and oxygen atoms in total. The molecule has 0 aliphatic carbocycles. The van der Waals surface area contributed by atoms with E-state index in [1.54, 1.807) is 0 Å². The van der Waals surface area contributed by atoms with Crippen molar-refractivity contribution >= 4 is 0 Å². The third-order valence-corrected chi connectivity index (χ3v) is 3.06. The molecule has 1 rings (SSSR count). The molecule has 1 aromatic carbocycles. The maximum Gasteiger partial charge on any atom is 0.0318 e. The van der Waals surface area contributed by atoms with Crippen LogP contribution in [0.15, 0.2) is 24.3 Å². The fourth-order valence-electron chi connectivity index (χ4n) is 1.98. The van der Waals surface area contributed by atoms with Crippen molar-refractivity contribution in [2.45, 2.75) is 52.6 Å². The van der Waals surface area contributed by atoms with Crippen LogP contribution in [0.1, 0.15) is 51.3 Å². The molecular weight excluding hydrogens is 220 g/mol. The number of benzene rings is 1. The number of hydrogen-bond donors (Lipinski definition) is 2. The summed E-state index contributed by atoms with van der Waals surface area (Å²) in [6.45, 7) is 13.0. The van der Waals surface area contributed by atoms with Gasteiger partial charge in [0.1, 0.15) is 0 Å². The SMILES string of the molecule is CCC(NCCNC(C)(C)C)c1ccc(C)cc1. The van der Waals surface area contributed by atoms with E-state index < -0.39 is 0 Å². The van der Waals surface area contributed by atoms with Crippen LogP contribution in [0.3, 0.4) is 0 Å².